The van der Waals surface area contributed by atoms with Gasteiger partial charge in [0.25, 0.3) is 0 Å². The second-order valence-electron chi connectivity index (χ2n) is 9.01. The second-order valence-corrected chi connectivity index (χ2v) is 15.8. The van der Waals surface area contributed by atoms with Crippen LogP contribution < -0.4 is 0 Å². The molecule has 2 aliphatic rings. The molecule has 0 nitrogen and oxygen atoms in total. The van der Waals surface area contributed by atoms with Crippen molar-refractivity contribution in [3.63, 3.8) is 0 Å². The van der Waals surface area contributed by atoms with Crippen LogP contribution in [0.15, 0.2) is 0 Å². The van der Waals surface area contributed by atoms with Gasteiger partial charge < -0.3 is 0 Å². The van der Waals surface area contributed by atoms with E-state index in [1.54, 1.807) is 0 Å². The van der Waals surface area contributed by atoms with Crippen molar-refractivity contribution in [2.75, 3.05) is 0 Å². The number of hydrogen-bond acceptors (Lipinski definition) is 2. The van der Waals surface area contributed by atoms with Crippen molar-refractivity contribution in [1.29, 1.82) is 0 Å². The summed E-state index contributed by atoms with van der Waals surface area (Å²) in [6.07, 6.45) is 0. The van der Waals surface area contributed by atoms with Gasteiger partial charge in [0.15, 0.2) is 0 Å². The monoisotopic (exact) mass is 490 g/mol. The van der Waals surface area contributed by atoms with Crippen LogP contribution in [0.1, 0.15) is 55.4 Å². The minimum Gasteiger partial charge on any atom is -0.105 e. The molecular formula is C16H24Cl6S2. The summed E-state index contributed by atoms with van der Waals surface area (Å²) in [4.78, 5) is 0. The van der Waals surface area contributed by atoms with Gasteiger partial charge >= 0.3 is 0 Å². The first-order valence-corrected chi connectivity index (χ1v) is 12.1. The normalized spacial score (nSPS) is 34.8. The van der Waals surface area contributed by atoms with Gasteiger partial charge in [-0.25, -0.2) is 0 Å². The Bertz CT molecular complexity index is 479. The Morgan fingerprint density at radius 2 is 0.583 bits per heavy atom. The Morgan fingerprint density at radius 3 is 0.750 bits per heavy atom. The number of hydrogen-bond donors (Lipinski definition) is 0. The number of alkyl halides is 6. The zero-order valence-corrected chi connectivity index (χ0v) is 21.3. The molecule has 142 valence electrons. The van der Waals surface area contributed by atoms with Crippen LogP contribution in [0.3, 0.4) is 0 Å². The van der Waals surface area contributed by atoms with Crippen molar-refractivity contribution < 1.29 is 0 Å². The summed E-state index contributed by atoms with van der Waals surface area (Å²) in [5.74, 6) is 0. The molecule has 0 aromatic rings. The Kier molecular flexibility index (Phi) is 5.23. The van der Waals surface area contributed by atoms with Crippen molar-refractivity contribution in [2.24, 2.45) is 21.7 Å². The van der Waals surface area contributed by atoms with Gasteiger partial charge in [0, 0.05) is 21.7 Å². The predicted octanol–water partition coefficient (Wildman–Crippen LogP) is 8.72. The van der Waals surface area contributed by atoms with Crippen molar-refractivity contribution >= 4 is 91.2 Å². The van der Waals surface area contributed by atoms with Gasteiger partial charge in [-0.1, -0.05) is 77.0 Å². The van der Waals surface area contributed by atoms with Crippen LogP contribution in [-0.4, -0.2) is 17.1 Å². The molecular weight excluding hydrogens is 469 g/mol. The fourth-order valence-electron chi connectivity index (χ4n) is 4.34. The second kappa shape index (κ2) is 5.53. The van der Waals surface area contributed by atoms with Gasteiger partial charge in [-0.15, -0.1) is 69.6 Å². The van der Waals surface area contributed by atoms with E-state index < -0.39 is 38.7 Å². The first-order valence-electron chi connectivity index (χ1n) is 7.71. The lowest BCUT2D eigenvalue weighted by atomic mass is 9.54. The van der Waals surface area contributed by atoms with Crippen LogP contribution in [0, 0.1) is 21.7 Å². The van der Waals surface area contributed by atoms with E-state index in [-0.39, 0.29) is 0 Å². The Hall–Kier alpha value is 2.44. The topological polar surface area (TPSA) is 0 Å². The Balaban J connectivity index is 2.32. The zero-order valence-electron chi connectivity index (χ0n) is 15.1. The van der Waals surface area contributed by atoms with E-state index in [4.69, 9.17) is 69.6 Å². The summed E-state index contributed by atoms with van der Waals surface area (Å²) in [5, 5.41) is 0. The highest BCUT2D eigenvalue weighted by Crippen LogP contribution is 2.85. The smallest absolute Gasteiger partial charge is 0.105 e. The lowest BCUT2D eigenvalue weighted by molar-refractivity contribution is -0.0148. The molecule has 0 heterocycles. The van der Waals surface area contributed by atoms with Crippen LogP contribution >= 0.6 is 91.2 Å². The van der Waals surface area contributed by atoms with E-state index >= 15 is 0 Å². The third kappa shape index (κ3) is 2.02. The Morgan fingerprint density at radius 1 is 0.417 bits per heavy atom. The van der Waals surface area contributed by atoms with Crippen LogP contribution in [0.4, 0.5) is 0 Å². The SMILES string of the molecule is CC1(C)C(Cl)(Cl)C(C)(C)C1(Cl)SSC1(Cl)C(C)(C)C(Cl)(Cl)C1(C)C. The number of rotatable bonds is 3. The summed E-state index contributed by atoms with van der Waals surface area (Å²) >= 11 is 40.6. The van der Waals surface area contributed by atoms with E-state index in [1.807, 2.05) is 55.4 Å². The zero-order chi connectivity index (χ0) is 19.4. The standard InChI is InChI=1S/C16H24Cl6S2/c1-9(2)13(17,18)10(3,4)15(9,21)23-24-16(22)11(5,6)14(19,20)12(16,7)8/h1-8H3. The highest BCUT2D eigenvalue weighted by molar-refractivity contribution is 8.78. The van der Waals surface area contributed by atoms with Crippen molar-refractivity contribution in [1.82, 2.24) is 0 Å². The summed E-state index contributed by atoms with van der Waals surface area (Å²) in [6.45, 7) is 15.9. The molecule has 0 N–H and O–H groups in total. The van der Waals surface area contributed by atoms with E-state index in [0.717, 1.165) is 0 Å². The molecule has 0 unspecified atom stereocenters. The molecule has 8 heteroatoms. The quantitative estimate of drug-likeness (QED) is 0.285. The third-order valence-electron chi connectivity index (χ3n) is 6.63. The maximum atomic E-state index is 7.07. The van der Waals surface area contributed by atoms with Gasteiger partial charge in [0.1, 0.15) is 17.1 Å². The summed E-state index contributed by atoms with van der Waals surface area (Å²) < 4.78 is -3.22. The van der Waals surface area contributed by atoms with E-state index in [2.05, 4.69) is 0 Å². The largest absolute Gasteiger partial charge is 0.133 e. The Labute approximate surface area is 184 Å². The summed E-state index contributed by atoms with van der Waals surface area (Å²) in [6, 6.07) is 0. The fraction of sp³-hybridized carbons (Fsp3) is 1.00. The van der Waals surface area contributed by atoms with Gasteiger partial charge in [0.2, 0.25) is 0 Å². The highest BCUT2D eigenvalue weighted by atomic mass is 35.5. The minimum atomic E-state index is -0.928. The molecule has 2 fully saturated rings. The molecule has 0 aromatic carbocycles. The molecule has 0 radical (unpaired) electrons. The summed E-state index contributed by atoms with van der Waals surface area (Å²) in [7, 11) is 3.07. The lowest BCUT2D eigenvalue weighted by Gasteiger charge is -2.73. The van der Waals surface area contributed by atoms with Crippen LogP contribution in [0.25, 0.3) is 0 Å². The van der Waals surface area contributed by atoms with Crippen molar-refractivity contribution in [3.8, 4) is 0 Å². The fourth-order valence-corrected chi connectivity index (χ4v) is 12.3. The third-order valence-corrected chi connectivity index (χ3v) is 17.6. The van der Waals surface area contributed by atoms with E-state index in [1.165, 1.54) is 21.6 Å². The molecule has 0 amide bonds. The van der Waals surface area contributed by atoms with Crippen LogP contribution in [0.5, 0.6) is 0 Å². The van der Waals surface area contributed by atoms with Crippen molar-refractivity contribution in [3.05, 3.63) is 0 Å². The van der Waals surface area contributed by atoms with Crippen LogP contribution in [-0.2, 0) is 0 Å². The first-order chi connectivity index (χ1) is 10.2. The molecule has 24 heavy (non-hydrogen) atoms. The average molecular weight is 493 g/mol. The maximum Gasteiger partial charge on any atom is 0.133 e. The molecule has 0 atom stereocenters. The van der Waals surface area contributed by atoms with Gasteiger partial charge in [-0.3, -0.25) is 0 Å². The molecule has 2 saturated carbocycles. The minimum absolute atomic E-state index is 0.504. The molecule has 0 bridgehead atoms. The van der Waals surface area contributed by atoms with Gasteiger partial charge in [0.05, 0.1) is 0 Å². The average Bonchev–Trinajstić information content (AvgIpc) is 2.41. The van der Waals surface area contributed by atoms with Crippen LogP contribution in [0.2, 0.25) is 0 Å². The number of halogens is 6. The lowest BCUT2D eigenvalue weighted by Crippen LogP contribution is -2.77. The molecule has 0 aliphatic heterocycles. The molecule has 0 spiro atoms. The predicted molar refractivity (Wildman–Crippen MR) is 116 cm³/mol. The molecule has 0 aromatic heterocycles. The highest BCUT2D eigenvalue weighted by Gasteiger charge is 2.83. The van der Waals surface area contributed by atoms with Gasteiger partial charge in [-0.05, 0) is 0 Å². The summed E-state index contributed by atoms with van der Waals surface area (Å²) in [5.41, 5.74) is -2.02. The van der Waals surface area contributed by atoms with E-state index in [0.29, 0.717) is 0 Å². The first kappa shape index (κ1) is 22.7. The van der Waals surface area contributed by atoms with Gasteiger partial charge in [-0.2, -0.15) is 0 Å². The van der Waals surface area contributed by atoms with E-state index in [9.17, 15) is 0 Å². The maximum absolute atomic E-state index is 7.07. The van der Waals surface area contributed by atoms with Crippen molar-refractivity contribution in [2.45, 2.75) is 72.5 Å². The molecule has 2 rings (SSSR count). The molecule has 0 saturated heterocycles. The molecule has 2 aliphatic carbocycles.